The quantitative estimate of drug-likeness (QED) is 0.805. The first-order valence-electron chi connectivity index (χ1n) is 7.67. The Morgan fingerprint density at radius 2 is 1.92 bits per heavy atom. The van der Waals surface area contributed by atoms with Gasteiger partial charge in [-0.3, -0.25) is 9.59 Å². The zero-order chi connectivity index (χ0) is 17.7. The molecular formula is C17H23NO6. The summed E-state index contributed by atoms with van der Waals surface area (Å²) in [7, 11) is 4.56. The van der Waals surface area contributed by atoms with E-state index < -0.39 is 11.4 Å². The number of ether oxygens (including phenoxy) is 3. The molecule has 0 radical (unpaired) electrons. The first-order valence-corrected chi connectivity index (χ1v) is 7.67. The lowest BCUT2D eigenvalue weighted by Crippen LogP contribution is -2.40. The molecule has 1 aromatic rings. The van der Waals surface area contributed by atoms with Crippen LogP contribution in [0.15, 0.2) is 18.2 Å². The molecule has 0 spiro atoms. The molecule has 1 aliphatic heterocycles. The number of hydrogen-bond donors (Lipinski definition) is 1. The Morgan fingerprint density at radius 1 is 1.21 bits per heavy atom. The van der Waals surface area contributed by atoms with Gasteiger partial charge in [0.15, 0.2) is 11.5 Å². The predicted octanol–water partition coefficient (Wildman–Crippen LogP) is 1.20. The number of rotatable bonds is 7. The maximum atomic E-state index is 12.5. The third-order valence-corrected chi connectivity index (χ3v) is 4.38. The summed E-state index contributed by atoms with van der Waals surface area (Å²) in [6, 6.07) is 5.30. The Balaban J connectivity index is 2.07. The second-order valence-electron chi connectivity index (χ2n) is 5.95. The summed E-state index contributed by atoms with van der Waals surface area (Å²) in [5.41, 5.74) is -0.223. The normalized spacial score (nSPS) is 20.0. The van der Waals surface area contributed by atoms with Crippen molar-refractivity contribution in [2.45, 2.75) is 12.8 Å². The van der Waals surface area contributed by atoms with E-state index in [9.17, 15) is 14.7 Å². The molecular weight excluding hydrogens is 314 g/mol. The van der Waals surface area contributed by atoms with Gasteiger partial charge in [-0.2, -0.15) is 0 Å². The van der Waals surface area contributed by atoms with Gasteiger partial charge in [-0.25, -0.2) is 0 Å². The van der Waals surface area contributed by atoms with Crippen LogP contribution in [0, 0.1) is 5.41 Å². The van der Waals surface area contributed by atoms with Crippen molar-refractivity contribution in [1.29, 1.82) is 0 Å². The van der Waals surface area contributed by atoms with Crippen LogP contribution in [0.3, 0.4) is 0 Å². The number of carboxylic acid groups (broad SMARTS) is 1. The van der Waals surface area contributed by atoms with Gasteiger partial charge >= 0.3 is 5.97 Å². The zero-order valence-electron chi connectivity index (χ0n) is 14.2. The maximum Gasteiger partial charge on any atom is 0.313 e. The third kappa shape index (κ3) is 3.62. The molecule has 1 saturated heterocycles. The van der Waals surface area contributed by atoms with Crippen molar-refractivity contribution in [3.05, 3.63) is 23.8 Å². The van der Waals surface area contributed by atoms with Crippen molar-refractivity contribution in [3.63, 3.8) is 0 Å². The molecule has 1 unspecified atom stereocenters. The fraction of sp³-hybridized carbons (Fsp3) is 0.529. The van der Waals surface area contributed by atoms with E-state index in [1.807, 2.05) is 0 Å². The molecule has 1 fully saturated rings. The summed E-state index contributed by atoms with van der Waals surface area (Å²) in [6.45, 7) is 0.687. The van der Waals surface area contributed by atoms with Gasteiger partial charge < -0.3 is 24.2 Å². The summed E-state index contributed by atoms with van der Waals surface area (Å²) >= 11 is 0. The van der Waals surface area contributed by atoms with Gasteiger partial charge in [0.05, 0.1) is 27.2 Å². The van der Waals surface area contributed by atoms with Crippen LogP contribution in [0.5, 0.6) is 11.5 Å². The molecule has 0 aliphatic carbocycles. The number of nitrogens with zero attached hydrogens (tertiary/aromatic N) is 1. The molecule has 0 saturated carbocycles. The summed E-state index contributed by atoms with van der Waals surface area (Å²) in [4.78, 5) is 25.6. The number of hydrogen-bond acceptors (Lipinski definition) is 5. The summed E-state index contributed by atoms with van der Waals surface area (Å²) in [5, 5.41) is 9.46. The molecule has 1 atom stereocenters. The topological polar surface area (TPSA) is 85.3 Å². The van der Waals surface area contributed by atoms with Crippen molar-refractivity contribution < 1.29 is 28.9 Å². The molecule has 1 amide bonds. The van der Waals surface area contributed by atoms with Gasteiger partial charge in [-0.05, 0) is 24.1 Å². The van der Waals surface area contributed by atoms with Crippen LogP contribution < -0.4 is 9.47 Å². The van der Waals surface area contributed by atoms with Crippen molar-refractivity contribution in [3.8, 4) is 11.5 Å². The number of aliphatic carboxylic acids is 1. The average Bonchev–Trinajstić information content (AvgIpc) is 3.01. The minimum Gasteiger partial charge on any atom is -0.493 e. The smallest absolute Gasteiger partial charge is 0.313 e. The molecule has 1 heterocycles. The van der Waals surface area contributed by atoms with E-state index in [4.69, 9.17) is 14.2 Å². The van der Waals surface area contributed by atoms with E-state index in [1.165, 1.54) is 14.2 Å². The van der Waals surface area contributed by atoms with Crippen molar-refractivity contribution in [2.75, 3.05) is 41.0 Å². The van der Waals surface area contributed by atoms with Crippen LogP contribution in [0.1, 0.15) is 12.0 Å². The molecule has 7 nitrogen and oxygen atoms in total. The third-order valence-electron chi connectivity index (χ3n) is 4.38. The van der Waals surface area contributed by atoms with Crippen molar-refractivity contribution in [1.82, 2.24) is 4.90 Å². The van der Waals surface area contributed by atoms with E-state index in [2.05, 4.69) is 0 Å². The monoisotopic (exact) mass is 337 g/mol. The molecule has 1 N–H and O–H groups in total. The van der Waals surface area contributed by atoms with E-state index in [-0.39, 0.29) is 25.5 Å². The number of amides is 1. The Kier molecular flexibility index (Phi) is 5.66. The highest BCUT2D eigenvalue weighted by molar-refractivity contribution is 5.82. The second kappa shape index (κ2) is 7.53. The van der Waals surface area contributed by atoms with Gasteiger partial charge in [0, 0.05) is 20.2 Å². The summed E-state index contributed by atoms with van der Waals surface area (Å²) < 4.78 is 15.5. The van der Waals surface area contributed by atoms with E-state index in [1.54, 1.807) is 30.2 Å². The highest BCUT2D eigenvalue weighted by Gasteiger charge is 2.46. The van der Waals surface area contributed by atoms with Gasteiger partial charge in [-0.1, -0.05) is 6.07 Å². The van der Waals surface area contributed by atoms with Gasteiger partial charge in [0.2, 0.25) is 5.91 Å². The fourth-order valence-electron chi connectivity index (χ4n) is 2.99. The molecule has 2 rings (SSSR count). The highest BCUT2D eigenvalue weighted by Crippen LogP contribution is 2.32. The lowest BCUT2D eigenvalue weighted by Gasteiger charge is -2.24. The zero-order valence-corrected chi connectivity index (χ0v) is 14.2. The number of carboxylic acids is 1. The number of likely N-dealkylation sites (tertiary alicyclic amines) is 1. The standard InChI is InChI=1S/C17H23NO6/c1-22-11-17(16(20)21)6-7-18(10-17)15(19)9-12-4-5-13(23-2)14(8-12)24-3/h4-5,8H,6-7,9-11H2,1-3H3,(H,20,21). The lowest BCUT2D eigenvalue weighted by atomic mass is 9.88. The maximum absolute atomic E-state index is 12.5. The van der Waals surface area contributed by atoms with Gasteiger partial charge in [-0.15, -0.1) is 0 Å². The Labute approximate surface area is 141 Å². The molecule has 1 aromatic carbocycles. The van der Waals surface area contributed by atoms with Crippen LogP contribution in [-0.2, 0) is 20.7 Å². The van der Waals surface area contributed by atoms with E-state index >= 15 is 0 Å². The molecule has 7 heteroatoms. The Hall–Kier alpha value is -2.28. The average molecular weight is 337 g/mol. The minimum atomic E-state index is -1.01. The van der Waals surface area contributed by atoms with Crippen molar-refractivity contribution >= 4 is 11.9 Å². The highest BCUT2D eigenvalue weighted by atomic mass is 16.5. The Morgan fingerprint density at radius 3 is 2.50 bits per heavy atom. The second-order valence-corrected chi connectivity index (χ2v) is 5.95. The molecule has 0 bridgehead atoms. The first kappa shape index (κ1) is 18.1. The predicted molar refractivity (Wildman–Crippen MR) is 86.4 cm³/mol. The van der Waals surface area contributed by atoms with Crippen LogP contribution in [0.4, 0.5) is 0 Å². The minimum absolute atomic E-state index is 0.0997. The molecule has 24 heavy (non-hydrogen) atoms. The van der Waals surface area contributed by atoms with Crippen molar-refractivity contribution in [2.24, 2.45) is 5.41 Å². The molecule has 0 aromatic heterocycles. The first-order chi connectivity index (χ1) is 11.5. The SMILES string of the molecule is COCC1(C(=O)O)CCN(C(=O)Cc2ccc(OC)c(OC)c2)C1. The lowest BCUT2D eigenvalue weighted by molar-refractivity contribution is -0.151. The number of benzene rings is 1. The van der Waals surface area contributed by atoms with E-state index in [0.717, 1.165) is 5.56 Å². The number of methoxy groups -OCH3 is 3. The summed E-state index contributed by atoms with van der Waals surface area (Å²) in [6.07, 6.45) is 0.580. The van der Waals surface area contributed by atoms with Gasteiger partial charge in [0.25, 0.3) is 0 Å². The molecule has 1 aliphatic rings. The largest absolute Gasteiger partial charge is 0.493 e. The van der Waals surface area contributed by atoms with Crippen LogP contribution in [-0.4, -0.2) is 62.9 Å². The Bertz CT molecular complexity index is 617. The fourth-order valence-corrected chi connectivity index (χ4v) is 2.99. The van der Waals surface area contributed by atoms with Crippen LogP contribution in [0.2, 0.25) is 0 Å². The number of carbonyl (C=O) groups is 2. The van der Waals surface area contributed by atoms with Crippen LogP contribution >= 0.6 is 0 Å². The van der Waals surface area contributed by atoms with E-state index in [0.29, 0.717) is 24.5 Å². The van der Waals surface area contributed by atoms with Crippen LogP contribution in [0.25, 0.3) is 0 Å². The summed E-state index contributed by atoms with van der Waals surface area (Å²) in [5.74, 6) is 0.121. The van der Waals surface area contributed by atoms with Gasteiger partial charge in [0.1, 0.15) is 5.41 Å². The number of carbonyl (C=O) groups excluding carboxylic acids is 1. The molecule has 132 valence electrons.